The van der Waals surface area contributed by atoms with E-state index in [9.17, 15) is 9.59 Å². The van der Waals surface area contributed by atoms with Crippen LogP contribution in [0, 0.1) is 5.92 Å². The Balaban J connectivity index is 2.19. The fourth-order valence-electron chi connectivity index (χ4n) is 1.99. The fraction of sp³-hybridized carbons (Fsp3) is 0.583. The molecule has 2 unspecified atom stereocenters. The van der Waals surface area contributed by atoms with Crippen molar-refractivity contribution in [2.45, 2.75) is 39.4 Å². The van der Waals surface area contributed by atoms with Gasteiger partial charge >= 0.3 is 0 Å². The maximum Gasteiger partial charge on any atom is 0.246 e. The number of aromatic nitrogens is 1. The van der Waals surface area contributed by atoms with Crippen molar-refractivity contribution in [3.8, 4) is 0 Å². The van der Waals surface area contributed by atoms with Crippen molar-refractivity contribution in [2.75, 3.05) is 0 Å². The molecule has 0 aliphatic carbocycles. The zero-order chi connectivity index (χ0) is 13.3. The van der Waals surface area contributed by atoms with Gasteiger partial charge in [0.15, 0.2) is 0 Å². The standard InChI is InChI=1S/C12H17N3O2S/c1-7(2)10-12(17)15(8(3)11(16)14-10)6-9-13-4-5-18-9/h4-5,7-8,10H,6H2,1-3H3,(H,14,16). The Morgan fingerprint density at radius 3 is 2.78 bits per heavy atom. The van der Waals surface area contributed by atoms with E-state index >= 15 is 0 Å². The van der Waals surface area contributed by atoms with Crippen molar-refractivity contribution in [2.24, 2.45) is 5.92 Å². The van der Waals surface area contributed by atoms with Crippen LogP contribution in [0.3, 0.4) is 0 Å². The molecule has 2 atom stereocenters. The third kappa shape index (κ3) is 2.38. The van der Waals surface area contributed by atoms with Crippen LogP contribution in [0.5, 0.6) is 0 Å². The third-order valence-electron chi connectivity index (χ3n) is 3.15. The molecular formula is C12H17N3O2S. The predicted octanol–water partition coefficient (Wildman–Crippen LogP) is 1.01. The van der Waals surface area contributed by atoms with Gasteiger partial charge in [0.25, 0.3) is 0 Å². The predicted molar refractivity (Wildman–Crippen MR) is 68.9 cm³/mol. The van der Waals surface area contributed by atoms with Crippen LogP contribution in [0.15, 0.2) is 11.6 Å². The summed E-state index contributed by atoms with van der Waals surface area (Å²) < 4.78 is 0. The smallest absolute Gasteiger partial charge is 0.246 e. The summed E-state index contributed by atoms with van der Waals surface area (Å²) in [6.45, 7) is 6.02. The first kappa shape index (κ1) is 13.0. The van der Waals surface area contributed by atoms with Gasteiger partial charge in [-0.15, -0.1) is 11.3 Å². The number of nitrogens with one attached hydrogen (secondary N) is 1. The molecule has 2 amide bonds. The Bertz CT molecular complexity index is 444. The van der Waals surface area contributed by atoms with E-state index in [2.05, 4.69) is 10.3 Å². The SMILES string of the molecule is CC(C)C1NC(=O)C(C)N(Cc2nccs2)C1=O. The number of rotatable bonds is 3. The van der Waals surface area contributed by atoms with Gasteiger partial charge in [-0.25, -0.2) is 4.98 Å². The molecule has 1 N–H and O–H groups in total. The maximum absolute atomic E-state index is 12.3. The lowest BCUT2D eigenvalue weighted by Crippen LogP contribution is -2.63. The fourth-order valence-corrected chi connectivity index (χ4v) is 2.60. The molecule has 5 nitrogen and oxygen atoms in total. The molecule has 98 valence electrons. The van der Waals surface area contributed by atoms with Crippen molar-refractivity contribution < 1.29 is 9.59 Å². The monoisotopic (exact) mass is 267 g/mol. The first-order chi connectivity index (χ1) is 8.50. The topological polar surface area (TPSA) is 62.3 Å². The minimum atomic E-state index is -0.434. The van der Waals surface area contributed by atoms with Crippen LogP contribution in [0.2, 0.25) is 0 Å². The van der Waals surface area contributed by atoms with Crippen molar-refractivity contribution >= 4 is 23.2 Å². The van der Waals surface area contributed by atoms with Gasteiger partial charge in [-0.1, -0.05) is 13.8 Å². The molecule has 1 fully saturated rings. The lowest BCUT2D eigenvalue weighted by Gasteiger charge is -2.38. The van der Waals surface area contributed by atoms with Crippen LogP contribution >= 0.6 is 11.3 Å². The van der Waals surface area contributed by atoms with Crippen LogP contribution in [0.1, 0.15) is 25.8 Å². The highest BCUT2D eigenvalue weighted by Gasteiger charge is 2.39. The van der Waals surface area contributed by atoms with E-state index < -0.39 is 12.1 Å². The number of thiazole rings is 1. The molecule has 1 aromatic rings. The van der Waals surface area contributed by atoms with Gasteiger partial charge in [-0.3, -0.25) is 9.59 Å². The number of carbonyl (C=O) groups excluding carboxylic acids is 2. The molecule has 1 saturated heterocycles. The zero-order valence-corrected chi connectivity index (χ0v) is 11.5. The number of piperazine rings is 1. The highest BCUT2D eigenvalue weighted by molar-refractivity contribution is 7.09. The Hall–Kier alpha value is -1.43. The molecule has 0 saturated carbocycles. The van der Waals surface area contributed by atoms with Gasteiger partial charge in [-0.05, 0) is 12.8 Å². The summed E-state index contributed by atoms with van der Waals surface area (Å²) in [6, 6.07) is -0.856. The van der Waals surface area contributed by atoms with Crippen molar-refractivity contribution in [1.29, 1.82) is 0 Å². The number of hydrogen-bond donors (Lipinski definition) is 1. The van der Waals surface area contributed by atoms with Crippen LogP contribution < -0.4 is 5.32 Å². The Labute approximate surface area is 110 Å². The molecule has 2 heterocycles. The molecule has 1 aliphatic heterocycles. The quantitative estimate of drug-likeness (QED) is 0.889. The van der Waals surface area contributed by atoms with Gasteiger partial charge in [0.1, 0.15) is 17.1 Å². The number of nitrogens with zero attached hydrogens (tertiary/aromatic N) is 2. The van der Waals surface area contributed by atoms with E-state index in [1.54, 1.807) is 18.0 Å². The maximum atomic E-state index is 12.3. The Morgan fingerprint density at radius 1 is 1.50 bits per heavy atom. The van der Waals surface area contributed by atoms with Crippen LogP contribution in [0.25, 0.3) is 0 Å². The van der Waals surface area contributed by atoms with E-state index in [1.165, 1.54) is 11.3 Å². The van der Waals surface area contributed by atoms with Crippen LogP contribution in [-0.4, -0.2) is 33.8 Å². The Morgan fingerprint density at radius 2 is 2.22 bits per heavy atom. The molecule has 0 spiro atoms. The van der Waals surface area contributed by atoms with Crippen LogP contribution in [0.4, 0.5) is 0 Å². The molecule has 2 rings (SSSR count). The molecule has 0 aromatic carbocycles. The second-order valence-electron chi connectivity index (χ2n) is 4.80. The van der Waals surface area contributed by atoms with Gasteiger partial charge in [-0.2, -0.15) is 0 Å². The average Bonchev–Trinajstić information content (AvgIpc) is 2.81. The first-order valence-corrected chi connectivity index (χ1v) is 6.88. The van der Waals surface area contributed by atoms with Gasteiger partial charge in [0, 0.05) is 11.6 Å². The molecule has 18 heavy (non-hydrogen) atoms. The highest BCUT2D eigenvalue weighted by Crippen LogP contribution is 2.19. The second-order valence-corrected chi connectivity index (χ2v) is 5.78. The van der Waals surface area contributed by atoms with Crippen molar-refractivity contribution in [3.63, 3.8) is 0 Å². The summed E-state index contributed by atoms with van der Waals surface area (Å²) in [5, 5.41) is 5.50. The molecule has 0 radical (unpaired) electrons. The minimum absolute atomic E-state index is 0.0210. The van der Waals surface area contributed by atoms with E-state index in [1.807, 2.05) is 19.2 Å². The van der Waals surface area contributed by atoms with E-state index in [4.69, 9.17) is 0 Å². The van der Waals surface area contributed by atoms with Crippen molar-refractivity contribution in [3.05, 3.63) is 16.6 Å². The van der Waals surface area contributed by atoms with E-state index in [-0.39, 0.29) is 17.7 Å². The molecule has 6 heteroatoms. The van der Waals surface area contributed by atoms with Crippen LogP contribution in [-0.2, 0) is 16.1 Å². The number of hydrogen-bond acceptors (Lipinski definition) is 4. The summed E-state index contributed by atoms with van der Waals surface area (Å²) in [5.74, 6) is -0.0232. The normalized spacial score (nSPS) is 24.6. The summed E-state index contributed by atoms with van der Waals surface area (Å²) in [6.07, 6.45) is 1.71. The van der Waals surface area contributed by atoms with Gasteiger partial charge in [0.2, 0.25) is 11.8 Å². The lowest BCUT2D eigenvalue weighted by molar-refractivity contribution is -0.150. The highest BCUT2D eigenvalue weighted by atomic mass is 32.1. The van der Waals surface area contributed by atoms with Gasteiger partial charge < -0.3 is 10.2 Å². The summed E-state index contributed by atoms with van der Waals surface area (Å²) in [7, 11) is 0. The van der Waals surface area contributed by atoms with E-state index in [0.717, 1.165) is 5.01 Å². The minimum Gasteiger partial charge on any atom is -0.342 e. The third-order valence-corrected chi connectivity index (χ3v) is 3.91. The number of amides is 2. The lowest BCUT2D eigenvalue weighted by atomic mass is 9.98. The largest absolute Gasteiger partial charge is 0.342 e. The summed E-state index contributed by atoms with van der Waals surface area (Å²) in [5.41, 5.74) is 0. The average molecular weight is 267 g/mol. The van der Waals surface area contributed by atoms with Gasteiger partial charge in [0.05, 0.1) is 6.54 Å². The van der Waals surface area contributed by atoms with E-state index in [0.29, 0.717) is 6.54 Å². The number of carbonyl (C=O) groups is 2. The Kier molecular flexibility index (Phi) is 3.65. The zero-order valence-electron chi connectivity index (χ0n) is 10.7. The summed E-state index contributed by atoms with van der Waals surface area (Å²) in [4.78, 5) is 30.0. The molecule has 1 aliphatic rings. The summed E-state index contributed by atoms with van der Waals surface area (Å²) >= 11 is 1.49. The molecule has 0 bridgehead atoms. The molecule has 1 aromatic heterocycles. The van der Waals surface area contributed by atoms with Crippen molar-refractivity contribution in [1.82, 2.24) is 15.2 Å². The molecular weight excluding hydrogens is 250 g/mol. The second kappa shape index (κ2) is 5.06. The first-order valence-electron chi connectivity index (χ1n) is 6.00.